The van der Waals surface area contributed by atoms with E-state index < -0.39 is 0 Å². The third-order valence-electron chi connectivity index (χ3n) is 4.59. The molecule has 3 aromatic rings. The van der Waals surface area contributed by atoms with Gasteiger partial charge in [0.15, 0.2) is 29.1 Å². The largest absolute Gasteiger partial charge is 0.490 e. The average molecular weight is 394 g/mol. The Bertz CT molecular complexity index is 994. The van der Waals surface area contributed by atoms with Gasteiger partial charge in [-0.2, -0.15) is 0 Å². The van der Waals surface area contributed by atoms with Crippen LogP contribution in [0.25, 0.3) is 17.2 Å². The minimum atomic E-state index is -0.0297. The van der Waals surface area contributed by atoms with E-state index in [2.05, 4.69) is 11.9 Å². The number of hydrogen-bond acceptors (Lipinski definition) is 3. The van der Waals surface area contributed by atoms with Crippen LogP contribution in [0.3, 0.4) is 0 Å². The highest BCUT2D eigenvalue weighted by molar-refractivity contribution is 5.77. The Morgan fingerprint density at radius 1 is 1.14 bits per heavy atom. The van der Waals surface area contributed by atoms with Crippen molar-refractivity contribution in [2.24, 2.45) is 0 Å². The van der Waals surface area contributed by atoms with Crippen LogP contribution in [0, 0.1) is 0 Å². The number of fused-ring (bicyclic) bond motifs is 1. The number of ether oxygens (including phenoxy) is 2. The Hall–Kier alpha value is -3.28. The van der Waals surface area contributed by atoms with Gasteiger partial charge in [0.05, 0.1) is 19.4 Å². The van der Waals surface area contributed by atoms with Crippen LogP contribution in [-0.4, -0.2) is 30.2 Å². The van der Waals surface area contributed by atoms with Crippen molar-refractivity contribution in [1.29, 1.82) is 0 Å². The topological polar surface area (TPSA) is 56.4 Å². The Labute approximate surface area is 171 Å². The highest BCUT2D eigenvalue weighted by Gasteiger charge is 2.16. The molecule has 0 saturated carbocycles. The predicted molar refractivity (Wildman–Crippen MR) is 114 cm³/mol. The van der Waals surface area contributed by atoms with Crippen molar-refractivity contribution in [3.8, 4) is 11.5 Å². The van der Waals surface area contributed by atoms with Gasteiger partial charge in [-0.15, -0.1) is 0 Å². The number of imidazole rings is 1. The van der Waals surface area contributed by atoms with Crippen LogP contribution in [0.15, 0.2) is 55.4 Å². The van der Waals surface area contributed by atoms with Crippen molar-refractivity contribution in [2.45, 2.75) is 26.8 Å². The number of nitrogens with one attached hydrogen (secondary N) is 1. The molecule has 6 nitrogen and oxygen atoms in total. The molecule has 0 radical (unpaired) electrons. The number of rotatable bonds is 10. The van der Waals surface area contributed by atoms with Crippen LogP contribution in [0.2, 0.25) is 0 Å². The second kappa shape index (κ2) is 9.78. The van der Waals surface area contributed by atoms with E-state index in [-0.39, 0.29) is 12.5 Å². The number of nitrogens with zero attached hydrogens (tertiary/aromatic N) is 2. The zero-order valence-electron chi connectivity index (χ0n) is 17.1. The quantitative estimate of drug-likeness (QED) is 0.538. The smallest absolute Gasteiger partial charge is 0.262 e. The van der Waals surface area contributed by atoms with E-state index >= 15 is 0 Å². The Kier molecular flexibility index (Phi) is 6.89. The Morgan fingerprint density at radius 2 is 1.90 bits per heavy atom. The molecule has 0 saturated heterocycles. The lowest BCUT2D eigenvalue weighted by Crippen LogP contribution is -2.42. The lowest BCUT2D eigenvalue weighted by atomic mass is 10.1. The number of amides is 1. The van der Waals surface area contributed by atoms with Crippen molar-refractivity contribution in [2.75, 3.05) is 19.8 Å². The Balaban J connectivity index is 1.59. The molecule has 0 fully saturated rings. The molecule has 0 aliphatic rings. The van der Waals surface area contributed by atoms with Crippen LogP contribution in [0.1, 0.15) is 19.4 Å². The van der Waals surface area contributed by atoms with Gasteiger partial charge in [-0.3, -0.25) is 4.79 Å². The summed E-state index contributed by atoms with van der Waals surface area (Å²) in [6.45, 7) is 9.71. The fraction of sp³-hybridized carbons (Fsp3) is 0.304. The van der Waals surface area contributed by atoms with E-state index in [9.17, 15) is 4.79 Å². The van der Waals surface area contributed by atoms with E-state index in [1.807, 2.05) is 71.8 Å². The molecule has 0 aliphatic carbocycles. The number of benzene rings is 2. The number of carbonyl (C=O) groups is 1. The molecule has 0 bridgehead atoms. The van der Waals surface area contributed by atoms with Gasteiger partial charge in [0.1, 0.15) is 0 Å². The molecule has 0 spiro atoms. The molecule has 1 aromatic heterocycles. The van der Waals surface area contributed by atoms with Crippen LogP contribution in [0.5, 0.6) is 11.5 Å². The summed E-state index contributed by atoms with van der Waals surface area (Å²) in [6.07, 6.45) is 4.34. The van der Waals surface area contributed by atoms with Gasteiger partial charge >= 0.3 is 0 Å². The van der Waals surface area contributed by atoms with Gasteiger partial charge in [0.2, 0.25) is 6.33 Å². The minimum Gasteiger partial charge on any atom is -0.490 e. The summed E-state index contributed by atoms with van der Waals surface area (Å²) < 4.78 is 15.1. The first kappa shape index (κ1) is 20.5. The monoisotopic (exact) mass is 394 g/mol. The fourth-order valence-corrected chi connectivity index (χ4v) is 3.28. The van der Waals surface area contributed by atoms with E-state index in [4.69, 9.17) is 9.47 Å². The summed E-state index contributed by atoms with van der Waals surface area (Å²) in [7, 11) is 0. The first-order valence-corrected chi connectivity index (χ1v) is 9.93. The van der Waals surface area contributed by atoms with Crippen molar-refractivity contribution in [3.05, 3.63) is 60.9 Å². The van der Waals surface area contributed by atoms with E-state index in [0.717, 1.165) is 34.5 Å². The maximum Gasteiger partial charge on any atom is 0.262 e. The van der Waals surface area contributed by atoms with E-state index in [1.165, 1.54) is 0 Å². The van der Waals surface area contributed by atoms with Crippen molar-refractivity contribution in [3.63, 3.8) is 0 Å². The first-order chi connectivity index (χ1) is 14.2. The molecule has 152 valence electrons. The third kappa shape index (κ3) is 4.96. The van der Waals surface area contributed by atoms with Crippen molar-refractivity contribution < 1.29 is 18.8 Å². The number of carbonyl (C=O) groups excluding carboxylic acids is 1. The lowest BCUT2D eigenvalue weighted by molar-refractivity contribution is -0.658. The van der Waals surface area contributed by atoms with Crippen LogP contribution >= 0.6 is 0 Å². The molecule has 0 unspecified atom stereocenters. The summed E-state index contributed by atoms with van der Waals surface area (Å²) in [5, 5.41) is 3.00. The summed E-state index contributed by atoms with van der Waals surface area (Å²) in [4.78, 5) is 12.4. The molecule has 29 heavy (non-hydrogen) atoms. The van der Waals surface area contributed by atoms with Gasteiger partial charge in [-0.1, -0.05) is 24.8 Å². The van der Waals surface area contributed by atoms with Gasteiger partial charge in [0.25, 0.3) is 5.91 Å². The van der Waals surface area contributed by atoms with E-state index in [0.29, 0.717) is 19.8 Å². The molecule has 1 amide bonds. The Morgan fingerprint density at radius 3 is 2.66 bits per heavy atom. The molecule has 0 atom stereocenters. The molecule has 1 heterocycles. The lowest BCUT2D eigenvalue weighted by Gasteiger charge is -2.12. The second-order valence-electron chi connectivity index (χ2n) is 6.57. The highest BCUT2D eigenvalue weighted by Crippen LogP contribution is 2.28. The normalized spacial score (nSPS) is 10.7. The van der Waals surface area contributed by atoms with Crippen molar-refractivity contribution >= 4 is 23.1 Å². The number of para-hydroxylation sites is 2. The van der Waals surface area contributed by atoms with Gasteiger partial charge in [-0.25, -0.2) is 9.13 Å². The number of hydrogen-bond donors (Lipinski definition) is 1. The van der Waals surface area contributed by atoms with E-state index in [1.54, 1.807) is 6.20 Å². The molecule has 6 heteroatoms. The standard InChI is InChI=1S/C23H27N3O3/c1-4-25-17-26(20-10-8-7-9-19(20)25)16-23(27)24-14-13-18-11-12-21(28-5-2)22(15-18)29-6-3/h4,7-12,15,17H,1,5-6,13-14,16H2,2-3H3/p+1. The molecule has 1 N–H and O–H groups in total. The SMILES string of the molecule is C=Cn1c[n+](CC(=O)NCCc2ccc(OCC)c(OCC)c2)c2ccccc21. The van der Waals surface area contributed by atoms with Gasteiger partial charge < -0.3 is 14.8 Å². The predicted octanol–water partition coefficient (Wildman–Crippen LogP) is 3.19. The number of aromatic nitrogens is 2. The summed E-state index contributed by atoms with van der Waals surface area (Å²) in [5.41, 5.74) is 3.11. The second-order valence-corrected chi connectivity index (χ2v) is 6.57. The van der Waals surface area contributed by atoms with Crippen molar-refractivity contribution in [1.82, 2.24) is 9.88 Å². The summed E-state index contributed by atoms with van der Waals surface area (Å²) >= 11 is 0. The minimum absolute atomic E-state index is 0.0297. The molecule has 3 rings (SSSR count). The zero-order valence-corrected chi connectivity index (χ0v) is 17.1. The highest BCUT2D eigenvalue weighted by atomic mass is 16.5. The molecule has 2 aromatic carbocycles. The molecular formula is C23H28N3O3+. The zero-order chi connectivity index (χ0) is 20.6. The summed E-state index contributed by atoms with van der Waals surface area (Å²) in [6, 6.07) is 13.8. The average Bonchev–Trinajstić information content (AvgIpc) is 3.08. The molecular weight excluding hydrogens is 366 g/mol. The van der Waals surface area contributed by atoms with Crippen LogP contribution in [0.4, 0.5) is 0 Å². The fourth-order valence-electron chi connectivity index (χ4n) is 3.28. The maximum absolute atomic E-state index is 12.4. The third-order valence-corrected chi connectivity index (χ3v) is 4.59. The van der Waals surface area contributed by atoms with Gasteiger partial charge in [-0.05, 0) is 50.1 Å². The van der Waals surface area contributed by atoms with Crippen LogP contribution < -0.4 is 19.4 Å². The van der Waals surface area contributed by atoms with Crippen LogP contribution in [-0.2, 0) is 17.8 Å². The molecule has 0 aliphatic heterocycles. The van der Waals surface area contributed by atoms with Gasteiger partial charge in [0, 0.05) is 6.54 Å². The summed E-state index contributed by atoms with van der Waals surface area (Å²) in [5.74, 6) is 1.46. The first-order valence-electron chi connectivity index (χ1n) is 9.93. The maximum atomic E-state index is 12.4.